The molecule has 6 N–H and O–H groups in total. The van der Waals surface area contributed by atoms with Crippen LogP contribution in [0.1, 0.15) is 25.6 Å². The van der Waals surface area contributed by atoms with Gasteiger partial charge in [-0.1, -0.05) is 26.0 Å². The molecule has 0 radical (unpaired) electrons. The molecule has 5 aromatic carbocycles. The minimum atomic E-state index is -0.828. The molecule has 1 atom stereocenters. The number of nitrogen functional groups attached to an aromatic ring is 2. The van der Waals surface area contributed by atoms with Gasteiger partial charge >= 0.3 is 0 Å². The smallest absolute Gasteiger partial charge is 0.150 e. The van der Waals surface area contributed by atoms with Crippen LogP contribution in [0.15, 0.2) is 109 Å². The zero-order valence-electron chi connectivity index (χ0n) is 25.4. The van der Waals surface area contributed by atoms with Crippen molar-refractivity contribution in [1.82, 2.24) is 4.57 Å². The minimum absolute atomic E-state index is 0.685. The second-order valence-corrected chi connectivity index (χ2v) is 10.4. The Kier molecular flexibility index (Phi) is 8.46. The van der Waals surface area contributed by atoms with Gasteiger partial charge in [-0.05, 0) is 97.1 Å². The molecule has 43 heavy (non-hydrogen) atoms. The van der Waals surface area contributed by atoms with Crippen LogP contribution in [0.4, 0.5) is 39.8 Å². The van der Waals surface area contributed by atoms with Gasteiger partial charge in [0.2, 0.25) is 0 Å². The van der Waals surface area contributed by atoms with E-state index in [2.05, 4.69) is 77.2 Å². The van der Waals surface area contributed by atoms with E-state index in [0.29, 0.717) is 5.69 Å². The number of nitrogens with zero attached hydrogens (tertiary/aromatic N) is 3. The number of aromatic nitrogens is 1. The second-order valence-electron chi connectivity index (χ2n) is 10.4. The first kappa shape index (κ1) is 29.4. The van der Waals surface area contributed by atoms with E-state index in [1.807, 2.05) is 74.5 Å². The summed E-state index contributed by atoms with van der Waals surface area (Å²) in [5, 5.41) is 16.2. The molecule has 0 saturated carbocycles. The molecule has 6 rings (SSSR count). The molecule has 0 amide bonds. The van der Waals surface area contributed by atoms with Gasteiger partial charge in [0, 0.05) is 88.3 Å². The lowest BCUT2D eigenvalue weighted by Gasteiger charge is -2.21. The van der Waals surface area contributed by atoms with Crippen molar-refractivity contribution in [3.8, 4) is 0 Å². The van der Waals surface area contributed by atoms with E-state index in [1.54, 1.807) is 12.1 Å². The molecule has 1 heterocycles. The summed E-state index contributed by atoms with van der Waals surface area (Å²) in [6.07, 6.45) is -0.828. The van der Waals surface area contributed by atoms with Crippen molar-refractivity contribution in [3.05, 3.63) is 115 Å². The van der Waals surface area contributed by atoms with Gasteiger partial charge in [-0.15, -0.1) is 0 Å². The topological polar surface area (TPSA) is 95.7 Å². The zero-order valence-corrected chi connectivity index (χ0v) is 25.4. The number of aliphatic hydroxyl groups is 1. The van der Waals surface area contributed by atoms with Gasteiger partial charge in [0.05, 0.1) is 0 Å². The lowest BCUT2D eigenvalue weighted by Crippen LogP contribution is -2.12. The van der Waals surface area contributed by atoms with E-state index in [9.17, 15) is 5.11 Å². The number of aliphatic hydroxyl groups excluding tert-OH is 1. The van der Waals surface area contributed by atoms with Gasteiger partial charge in [-0.2, -0.15) is 0 Å². The first-order chi connectivity index (χ1) is 20.8. The predicted octanol–water partition coefficient (Wildman–Crippen LogP) is 8.16. The summed E-state index contributed by atoms with van der Waals surface area (Å²) < 4.78 is 2.24. The van der Waals surface area contributed by atoms with Gasteiger partial charge in [0.15, 0.2) is 6.23 Å². The van der Waals surface area contributed by atoms with Crippen LogP contribution >= 0.6 is 0 Å². The monoisotopic (exact) mass is 572 g/mol. The largest absolute Gasteiger partial charge is 0.399 e. The van der Waals surface area contributed by atoms with Crippen LogP contribution < -0.4 is 26.6 Å². The summed E-state index contributed by atoms with van der Waals surface area (Å²) in [6, 6.07) is 36.3. The van der Waals surface area contributed by atoms with Crippen LogP contribution in [0.5, 0.6) is 0 Å². The third-order valence-electron chi connectivity index (χ3n) is 7.84. The molecule has 6 aromatic rings. The number of rotatable bonds is 7. The number of hydrogen-bond acceptors (Lipinski definition) is 6. The number of hydrogen-bond donors (Lipinski definition) is 4. The van der Waals surface area contributed by atoms with Crippen LogP contribution in [-0.4, -0.2) is 23.8 Å². The molecule has 0 aliphatic heterocycles. The van der Waals surface area contributed by atoms with E-state index in [1.165, 1.54) is 21.8 Å². The summed E-state index contributed by atoms with van der Waals surface area (Å²) in [6.45, 7) is 4.00. The van der Waals surface area contributed by atoms with E-state index < -0.39 is 6.23 Å². The summed E-state index contributed by atoms with van der Waals surface area (Å²) in [7, 11) is 6.24. The molecule has 1 unspecified atom stereocenters. The molecular formula is C36H40N6O. The van der Waals surface area contributed by atoms with Crippen molar-refractivity contribution in [1.29, 1.82) is 0 Å². The number of nitrogens with two attached hydrogens (primary N) is 2. The predicted molar refractivity (Wildman–Crippen MR) is 185 cm³/mol. The average Bonchev–Trinajstić information content (AvgIpc) is 3.33. The van der Waals surface area contributed by atoms with Crippen molar-refractivity contribution >= 4 is 61.6 Å². The number of fused-ring (bicyclic) bond motifs is 3. The van der Waals surface area contributed by atoms with Crippen molar-refractivity contribution in [2.75, 3.05) is 40.7 Å². The quantitative estimate of drug-likeness (QED) is 0.114. The molecule has 0 spiro atoms. The van der Waals surface area contributed by atoms with Gasteiger partial charge in [-0.25, -0.2) is 0 Å². The SMILES string of the molecule is CC.CN(c1ccc(N)cc1)c1ccc2c(c1)c1cc(N(C)c3ccc(C(O)Nc4ccc(N)cc4)cc3)ccc1n2C. The average molecular weight is 573 g/mol. The Morgan fingerprint density at radius 1 is 0.605 bits per heavy atom. The summed E-state index contributed by atoms with van der Waals surface area (Å²) in [5.74, 6) is 0. The Bertz CT molecular complexity index is 1830. The van der Waals surface area contributed by atoms with Crippen molar-refractivity contribution < 1.29 is 5.11 Å². The molecule has 0 fully saturated rings. The van der Waals surface area contributed by atoms with Crippen LogP contribution in [0.2, 0.25) is 0 Å². The van der Waals surface area contributed by atoms with Crippen molar-refractivity contribution in [2.45, 2.75) is 20.1 Å². The molecule has 0 saturated heterocycles. The Morgan fingerprint density at radius 2 is 1.00 bits per heavy atom. The second kappa shape index (κ2) is 12.4. The lowest BCUT2D eigenvalue weighted by atomic mass is 10.1. The van der Waals surface area contributed by atoms with Gasteiger partial charge in [0.1, 0.15) is 0 Å². The normalized spacial score (nSPS) is 11.6. The third kappa shape index (κ3) is 5.94. The molecule has 220 valence electrons. The fourth-order valence-electron chi connectivity index (χ4n) is 5.31. The maximum absolute atomic E-state index is 10.7. The summed E-state index contributed by atoms with van der Waals surface area (Å²) >= 11 is 0. The Morgan fingerprint density at radius 3 is 1.47 bits per heavy atom. The highest BCUT2D eigenvalue weighted by atomic mass is 16.3. The summed E-state index contributed by atoms with van der Waals surface area (Å²) in [4.78, 5) is 4.33. The highest BCUT2D eigenvalue weighted by molar-refractivity contribution is 6.10. The molecule has 0 bridgehead atoms. The van der Waals surface area contributed by atoms with Crippen LogP contribution in [0, 0.1) is 0 Å². The van der Waals surface area contributed by atoms with Crippen molar-refractivity contribution in [2.24, 2.45) is 7.05 Å². The molecule has 0 aliphatic carbocycles. The maximum Gasteiger partial charge on any atom is 0.150 e. The highest BCUT2D eigenvalue weighted by Crippen LogP contribution is 2.36. The third-order valence-corrected chi connectivity index (χ3v) is 7.84. The van der Waals surface area contributed by atoms with Crippen LogP contribution in [-0.2, 0) is 7.05 Å². The summed E-state index contributed by atoms with van der Waals surface area (Å²) in [5.41, 5.74) is 21.3. The van der Waals surface area contributed by atoms with E-state index >= 15 is 0 Å². The fraction of sp³-hybridized carbons (Fsp3) is 0.167. The van der Waals surface area contributed by atoms with Gasteiger partial charge < -0.3 is 36.3 Å². The number of nitrogens with one attached hydrogen (secondary N) is 1. The lowest BCUT2D eigenvalue weighted by molar-refractivity contribution is 0.208. The molecule has 0 aliphatic rings. The number of anilines is 7. The maximum atomic E-state index is 10.7. The molecule has 1 aromatic heterocycles. The van der Waals surface area contributed by atoms with Crippen molar-refractivity contribution in [3.63, 3.8) is 0 Å². The number of aryl methyl sites for hydroxylation is 1. The Balaban J connectivity index is 0.00000180. The standard InChI is InChI=1S/C34H34N6O.C2H6/c1-38(26-12-4-22(5-13-26)34(41)37-25-10-6-23(35)7-11-25)28-16-18-32-30(20-28)31-21-29(17-19-33(31)40(32)3)39(2)27-14-8-24(36)9-15-27;1-2/h4-21,34,37,41H,35-36H2,1-3H3;1-2H3. The zero-order chi connectivity index (χ0) is 30.7. The minimum Gasteiger partial charge on any atom is -0.399 e. The van der Waals surface area contributed by atoms with E-state index in [0.717, 1.165) is 39.7 Å². The van der Waals surface area contributed by atoms with Crippen LogP contribution in [0.25, 0.3) is 21.8 Å². The Labute approximate surface area is 253 Å². The fourth-order valence-corrected chi connectivity index (χ4v) is 5.31. The molecule has 7 nitrogen and oxygen atoms in total. The first-order valence-electron chi connectivity index (χ1n) is 14.5. The van der Waals surface area contributed by atoms with Gasteiger partial charge in [-0.3, -0.25) is 0 Å². The first-order valence-corrected chi connectivity index (χ1v) is 14.5. The van der Waals surface area contributed by atoms with Crippen LogP contribution in [0.3, 0.4) is 0 Å². The number of benzene rings is 5. The molecule has 7 heteroatoms. The van der Waals surface area contributed by atoms with E-state index in [4.69, 9.17) is 11.5 Å². The van der Waals surface area contributed by atoms with E-state index in [-0.39, 0.29) is 0 Å². The Hall–Kier alpha value is -5.14. The van der Waals surface area contributed by atoms with Gasteiger partial charge in [0.25, 0.3) is 0 Å². The molecular weight excluding hydrogens is 532 g/mol. The highest BCUT2D eigenvalue weighted by Gasteiger charge is 2.14.